The first kappa shape index (κ1) is 27.2. The van der Waals surface area contributed by atoms with Gasteiger partial charge in [-0.3, -0.25) is 9.69 Å². The van der Waals surface area contributed by atoms with Crippen molar-refractivity contribution in [3.63, 3.8) is 0 Å². The van der Waals surface area contributed by atoms with E-state index in [2.05, 4.69) is 11.8 Å². The van der Waals surface area contributed by atoms with Crippen LogP contribution >= 0.6 is 23.2 Å². The number of rotatable bonds is 9. The van der Waals surface area contributed by atoms with Crippen LogP contribution in [0.15, 0.2) is 30.3 Å². The molecule has 1 atom stereocenters. The largest absolute Gasteiger partial charge is 0.493 e. The summed E-state index contributed by atoms with van der Waals surface area (Å²) in [6.45, 7) is 4.43. The minimum absolute atomic E-state index is 0.196. The fourth-order valence-corrected chi connectivity index (χ4v) is 5.91. The monoisotopic (exact) mass is 556 g/mol. The maximum Gasteiger partial charge on any atom is 0.267 e. The molecule has 36 heavy (non-hydrogen) atoms. The molecular formula is C26H31Cl2FN2O4S. The number of carbonyl (C=O) groups is 1. The quantitative estimate of drug-likeness (QED) is 0.413. The number of halogens is 3. The summed E-state index contributed by atoms with van der Waals surface area (Å²) >= 11 is 12.4. The highest BCUT2D eigenvalue weighted by atomic mass is 35.5. The molecule has 0 radical (unpaired) electrons. The minimum Gasteiger partial charge on any atom is -0.493 e. The highest BCUT2D eigenvalue weighted by Crippen LogP contribution is 2.45. The summed E-state index contributed by atoms with van der Waals surface area (Å²) in [4.78, 5) is 14.7. The van der Waals surface area contributed by atoms with Crippen LogP contribution in [0.25, 0.3) is 0 Å². The Kier molecular flexibility index (Phi) is 8.49. The Morgan fingerprint density at radius 3 is 2.31 bits per heavy atom. The topological polar surface area (TPSA) is 75.7 Å². The molecule has 196 valence electrons. The van der Waals surface area contributed by atoms with Gasteiger partial charge >= 0.3 is 0 Å². The molecule has 1 aliphatic heterocycles. The number of ether oxygens (including phenoxy) is 1. The van der Waals surface area contributed by atoms with E-state index in [4.69, 9.17) is 27.9 Å². The second kappa shape index (κ2) is 11.3. The number of hydrogen-bond acceptors (Lipinski definition) is 5. The molecule has 0 unspecified atom stereocenters. The third-order valence-electron chi connectivity index (χ3n) is 6.86. The number of hydrogen-bond donors (Lipinski definition) is 1. The van der Waals surface area contributed by atoms with E-state index in [9.17, 15) is 17.6 Å². The Morgan fingerprint density at radius 1 is 1.11 bits per heavy atom. The predicted molar refractivity (Wildman–Crippen MR) is 140 cm³/mol. The average molecular weight is 558 g/mol. The van der Waals surface area contributed by atoms with Crippen molar-refractivity contribution in [1.29, 1.82) is 0 Å². The molecule has 1 N–H and O–H groups in total. The van der Waals surface area contributed by atoms with Crippen molar-refractivity contribution >= 4 is 39.1 Å². The summed E-state index contributed by atoms with van der Waals surface area (Å²) in [6.07, 6.45) is 5.56. The third kappa shape index (κ3) is 6.91. The lowest BCUT2D eigenvalue weighted by Gasteiger charge is -2.37. The van der Waals surface area contributed by atoms with Crippen LogP contribution in [0.2, 0.25) is 10.0 Å². The molecule has 1 amide bonds. The molecule has 2 aromatic carbocycles. The van der Waals surface area contributed by atoms with Crippen molar-refractivity contribution in [3.05, 3.63) is 62.9 Å². The molecule has 2 fully saturated rings. The molecule has 1 heterocycles. The van der Waals surface area contributed by atoms with Gasteiger partial charge in [0.15, 0.2) is 0 Å². The van der Waals surface area contributed by atoms with Crippen LogP contribution in [-0.2, 0) is 10.0 Å². The molecule has 2 aromatic rings. The van der Waals surface area contributed by atoms with E-state index in [-0.39, 0.29) is 17.5 Å². The molecule has 0 aromatic heterocycles. The molecular weight excluding hydrogens is 526 g/mol. The number of sulfonamides is 1. The molecule has 6 nitrogen and oxygen atoms in total. The molecule has 4 rings (SSSR count). The SMILES string of the molecule is CC[C@H](c1cc(Cl)cc(Cl)c1)N1CCC(COc2cc(F)c(C(=O)NS(C)(=O)=O)cc2C2CC2)CC1. The van der Waals surface area contributed by atoms with Gasteiger partial charge in [0.05, 0.1) is 18.4 Å². The lowest BCUT2D eigenvalue weighted by atomic mass is 9.94. The van der Waals surface area contributed by atoms with Crippen LogP contribution in [0.3, 0.4) is 0 Å². The highest BCUT2D eigenvalue weighted by Gasteiger charge is 2.31. The van der Waals surface area contributed by atoms with Crippen molar-refractivity contribution in [1.82, 2.24) is 9.62 Å². The van der Waals surface area contributed by atoms with Gasteiger partial charge in [-0.15, -0.1) is 0 Å². The van der Waals surface area contributed by atoms with E-state index in [1.165, 1.54) is 12.1 Å². The van der Waals surface area contributed by atoms with Crippen LogP contribution in [0, 0.1) is 11.7 Å². The van der Waals surface area contributed by atoms with Crippen molar-refractivity contribution < 1.29 is 22.3 Å². The second-order valence-corrected chi connectivity index (χ2v) is 12.4. The summed E-state index contributed by atoms with van der Waals surface area (Å²) in [6, 6.07) is 8.59. The predicted octanol–water partition coefficient (Wildman–Crippen LogP) is 5.94. The van der Waals surface area contributed by atoms with Crippen LogP contribution in [0.1, 0.15) is 72.5 Å². The Hall–Kier alpha value is -1.87. The third-order valence-corrected chi connectivity index (χ3v) is 7.85. The minimum atomic E-state index is -3.79. The van der Waals surface area contributed by atoms with Gasteiger partial charge in [0.1, 0.15) is 11.6 Å². The van der Waals surface area contributed by atoms with E-state index < -0.39 is 21.7 Å². The Balaban J connectivity index is 1.39. The molecule has 1 saturated carbocycles. The van der Waals surface area contributed by atoms with E-state index >= 15 is 0 Å². The second-order valence-electron chi connectivity index (χ2n) is 9.76. The van der Waals surface area contributed by atoms with Gasteiger partial charge in [0.25, 0.3) is 5.91 Å². The first-order valence-electron chi connectivity index (χ1n) is 12.2. The van der Waals surface area contributed by atoms with Crippen LogP contribution in [-0.4, -0.2) is 45.2 Å². The molecule has 0 bridgehead atoms. The zero-order chi connectivity index (χ0) is 26.0. The van der Waals surface area contributed by atoms with E-state index in [0.29, 0.717) is 28.3 Å². The number of benzene rings is 2. The maximum atomic E-state index is 14.7. The molecule has 2 aliphatic rings. The van der Waals surface area contributed by atoms with Gasteiger partial charge in [-0.2, -0.15) is 0 Å². The van der Waals surface area contributed by atoms with Crippen molar-refractivity contribution in [2.75, 3.05) is 26.0 Å². The van der Waals surface area contributed by atoms with Crippen molar-refractivity contribution in [2.24, 2.45) is 5.92 Å². The standard InChI is InChI=1S/C26H31Cl2FN2O4S/c1-3-24(18-10-19(27)12-20(28)11-18)31-8-6-16(7-9-31)15-35-25-14-23(29)22(13-21(25)17-4-5-17)26(32)30-36(2,33)34/h10-14,16-17,24H,3-9,15H2,1-2H3,(H,30,32)/t24-/m1/s1. The fourth-order valence-electron chi connectivity index (χ4n) is 4.92. The number of likely N-dealkylation sites (tertiary alicyclic amines) is 1. The number of nitrogens with zero attached hydrogens (tertiary/aromatic N) is 1. The number of piperidine rings is 1. The van der Waals surface area contributed by atoms with Crippen LogP contribution < -0.4 is 9.46 Å². The van der Waals surface area contributed by atoms with Gasteiger partial charge in [-0.05, 0) is 92.4 Å². The Labute approximate surface area is 222 Å². The van der Waals surface area contributed by atoms with Crippen molar-refractivity contribution in [3.8, 4) is 5.75 Å². The lowest BCUT2D eigenvalue weighted by molar-refractivity contribution is 0.0976. The number of carbonyl (C=O) groups excluding carboxylic acids is 1. The van der Waals surface area contributed by atoms with Gasteiger partial charge < -0.3 is 4.74 Å². The lowest BCUT2D eigenvalue weighted by Crippen LogP contribution is -2.38. The highest BCUT2D eigenvalue weighted by molar-refractivity contribution is 7.89. The molecule has 1 saturated heterocycles. The number of nitrogens with one attached hydrogen (secondary N) is 1. The van der Waals surface area contributed by atoms with Crippen LogP contribution in [0.4, 0.5) is 4.39 Å². The summed E-state index contributed by atoms with van der Waals surface area (Å²) in [5.41, 5.74) is 1.60. The van der Waals surface area contributed by atoms with E-state index in [0.717, 1.165) is 62.6 Å². The molecule has 1 aliphatic carbocycles. The summed E-state index contributed by atoms with van der Waals surface area (Å²) < 4.78 is 45.5. The van der Waals surface area contributed by atoms with Gasteiger partial charge in [-0.25, -0.2) is 17.5 Å². The summed E-state index contributed by atoms with van der Waals surface area (Å²) in [5.74, 6) is -0.806. The zero-order valence-corrected chi connectivity index (χ0v) is 22.7. The van der Waals surface area contributed by atoms with E-state index in [1.54, 1.807) is 6.07 Å². The maximum absolute atomic E-state index is 14.7. The first-order chi connectivity index (χ1) is 17.0. The summed E-state index contributed by atoms with van der Waals surface area (Å²) in [5, 5.41) is 1.27. The van der Waals surface area contributed by atoms with Gasteiger partial charge in [0, 0.05) is 22.2 Å². The normalized spacial score (nSPS) is 18.1. The number of amides is 1. The fraction of sp³-hybridized carbons (Fsp3) is 0.500. The van der Waals surface area contributed by atoms with Gasteiger partial charge in [-0.1, -0.05) is 30.1 Å². The smallest absolute Gasteiger partial charge is 0.267 e. The Bertz CT molecular complexity index is 1210. The zero-order valence-electron chi connectivity index (χ0n) is 20.4. The average Bonchev–Trinajstić information content (AvgIpc) is 3.62. The van der Waals surface area contributed by atoms with E-state index in [1.807, 2.05) is 16.9 Å². The molecule has 10 heteroatoms. The van der Waals surface area contributed by atoms with Crippen molar-refractivity contribution in [2.45, 2.75) is 51.0 Å². The van der Waals surface area contributed by atoms with Crippen LogP contribution in [0.5, 0.6) is 5.75 Å². The molecule has 0 spiro atoms. The summed E-state index contributed by atoms with van der Waals surface area (Å²) in [7, 11) is -3.79. The Morgan fingerprint density at radius 2 is 1.75 bits per heavy atom. The van der Waals surface area contributed by atoms with Gasteiger partial charge in [0.2, 0.25) is 10.0 Å². The first-order valence-corrected chi connectivity index (χ1v) is 14.9.